The van der Waals surface area contributed by atoms with Gasteiger partial charge in [0.25, 0.3) is 0 Å². The molecule has 1 aromatic heterocycles. The van der Waals surface area contributed by atoms with E-state index in [4.69, 9.17) is 16.3 Å². The Labute approximate surface area is 124 Å². The summed E-state index contributed by atoms with van der Waals surface area (Å²) in [6.45, 7) is 1.53. The van der Waals surface area contributed by atoms with Crippen molar-refractivity contribution >= 4 is 29.1 Å². The third-order valence-electron chi connectivity index (χ3n) is 2.44. The van der Waals surface area contributed by atoms with E-state index in [-0.39, 0.29) is 21.7 Å². The Kier molecular flexibility index (Phi) is 4.41. The molecule has 2 aromatic rings. The fourth-order valence-corrected chi connectivity index (χ4v) is 2.82. The number of benzene rings is 1. The van der Waals surface area contributed by atoms with Crippen molar-refractivity contribution in [3.8, 4) is 5.75 Å². The normalized spacial score (nSPS) is 10.3. The van der Waals surface area contributed by atoms with E-state index in [0.717, 1.165) is 16.7 Å². The zero-order valence-electron chi connectivity index (χ0n) is 10.7. The SMILES string of the molecule is COc1cccc(Sc2nc(Cl)nc(C)c2[N+](=O)[O-])c1. The molecule has 2 rings (SSSR count). The lowest BCUT2D eigenvalue weighted by atomic mass is 10.3. The van der Waals surface area contributed by atoms with Gasteiger partial charge in [-0.3, -0.25) is 10.1 Å². The first-order valence-electron chi connectivity index (χ1n) is 5.51. The lowest BCUT2D eigenvalue weighted by molar-refractivity contribution is -0.389. The van der Waals surface area contributed by atoms with E-state index in [1.165, 1.54) is 6.92 Å². The largest absolute Gasteiger partial charge is 0.497 e. The quantitative estimate of drug-likeness (QED) is 0.372. The van der Waals surface area contributed by atoms with Gasteiger partial charge in [0.2, 0.25) is 5.28 Å². The Morgan fingerprint density at radius 1 is 1.40 bits per heavy atom. The lowest BCUT2D eigenvalue weighted by Crippen LogP contribution is -2.00. The molecule has 8 heteroatoms. The number of halogens is 1. The summed E-state index contributed by atoms with van der Waals surface area (Å²) in [4.78, 5) is 19.1. The molecule has 0 atom stereocenters. The predicted octanol–water partition coefficient (Wildman–Crippen LogP) is 3.51. The average Bonchev–Trinajstić information content (AvgIpc) is 2.37. The van der Waals surface area contributed by atoms with E-state index in [0.29, 0.717) is 5.75 Å². The molecule has 1 heterocycles. The highest BCUT2D eigenvalue weighted by atomic mass is 35.5. The highest BCUT2D eigenvalue weighted by Gasteiger charge is 2.22. The van der Waals surface area contributed by atoms with Crippen LogP contribution in [-0.4, -0.2) is 22.0 Å². The molecule has 0 saturated carbocycles. The first kappa shape index (κ1) is 14.5. The Balaban J connectivity index is 2.44. The molecule has 1 aromatic carbocycles. The van der Waals surface area contributed by atoms with Crippen LogP contribution in [0, 0.1) is 17.0 Å². The molecule has 104 valence electrons. The van der Waals surface area contributed by atoms with Gasteiger partial charge < -0.3 is 4.74 Å². The van der Waals surface area contributed by atoms with Gasteiger partial charge in [0.05, 0.1) is 12.0 Å². The lowest BCUT2D eigenvalue weighted by Gasteiger charge is -2.06. The maximum absolute atomic E-state index is 11.1. The maximum atomic E-state index is 11.1. The van der Waals surface area contributed by atoms with Gasteiger partial charge in [-0.25, -0.2) is 9.97 Å². The molecule has 0 bridgehead atoms. The van der Waals surface area contributed by atoms with Crippen molar-refractivity contribution in [1.29, 1.82) is 0 Å². The minimum atomic E-state index is -0.506. The summed E-state index contributed by atoms with van der Waals surface area (Å²) in [5.74, 6) is 0.662. The number of rotatable bonds is 4. The summed E-state index contributed by atoms with van der Waals surface area (Å²) in [6, 6.07) is 7.15. The molecule has 0 amide bonds. The van der Waals surface area contributed by atoms with Gasteiger partial charge in [-0.1, -0.05) is 17.8 Å². The van der Waals surface area contributed by atoms with Crippen molar-refractivity contribution in [3.63, 3.8) is 0 Å². The van der Waals surface area contributed by atoms with Gasteiger partial charge in [0.1, 0.15) is 11.4 Å². The van der Waals surface area contributed by atoms with Crippen LogP contribution in [0.5, 0.6) is 5.75 Å². The van der Waals surface area contributed by atoms with Gasteiger partial charge >= 0.3 is 5.69 Å². The highest BCUT2D eigenvalue weighted by molar-refractivity contribution is 7.99. The number of hydrogen-bond acceptors (Lipinski definition) is 6. The number of methoxy groups -OCH3 is 1. The second-order valence-electron chi connectivity index (χ2n) is 3.77. The summed E-state index contributed by atoms with van der Waals surface area (Å²) in [6.07, 6.45) is 0. The van der Waals surface area contributed by atoms with Crippen LogP contribution in [0.1, 0.15) is 5.69 Å². The van der Waals surface area contributed by atoms with Gasteiger partial charge in [-0.2, -0.15) is 0 Å². The molecule has 0 radical (unpaired) electrons. The van der Waals surface area contributed by atoms with E-state index in [9.17, 15) is 10.1 Å². The zero-order valence-corrected chi connectivity index (χ0v) is 12.2. The van der Waals surface area contributed by atoms with Crippen molar-refractivity contribution in [2.24, 2.45) is 0 Å². The van der Waals surface area contributed by atoms with Crippen LogP contribution in [0.25, 0.3) is 0 Å². The standard InChI is InChI=1S/C12H10ClN3O3S/c1-7-10(16(17)18)11(15-12(13)14-7)20-9-5-3-4-8(6-9)19-2/h3-6H,1-2H3. The fraction of sp³-hybridized carbons (Fsp3) is 0.167. The van der Waals surface area contributed by atoms with Crippen molar-refractivity contribution in [1.82, 2.24) is 9.97 Å². The van der Waals surface area contributed by atoms with Crippen LogP contribution in [0.15, 0.2) is 34.2 Å². The van der Waals surface area contributed by atoms with Gasteiger partial charge in [-0.15, -0.1) is 0 Å². The molecular weight excluding hydrogens is 302 g/mol. The van der Waals surface area contributed by atoms with E-state index >= 15 is 0 Å². The van der Waals surface area contributed by atoms with Gasteiger partial charge in [0.15, 0.2) is 5.03 Å². The van der Waals surface area contributed by atoms with Gasteiger partial charge in [0, 0.05) is 4.90 Å². The molecule has 0 spiro atoms. The first-order valence-corrected chi connectivity index (χ1v) is 6.71. The van der Waals surface area contributed by atoms with Crippen LogP contribution in [0.3, 0.4) is 0 Å². The molecule has 20 heavy (non-hydrogen) atoms. The second-order valence-corrected chi connectivity index (χ2v) is 5.17. The molecule has 0 saturated heterocycles. The average molecular weight is 312 g/mol. The minimum absolute atomic E-state index is 0.0153. The molecule has 0 aliphatic heterocycles. The summed E-state index contributed by atoms with van der Waals surface area (Å²) >= 11 is 6.91. The van der Waals surface area contributed by atoms with Crippen LogP contribution in [0.2, 0.25) is 5.28 Å². The van der Waals surface area contributed by atoms with Crippen molar-refractivity contribution in [2.75, 3.05) is 7.11 Å². The Bertz CT molecular complexity index is 666. The third kappa shape index (κ3) is 3.17. The van der Waals surface area contributed by atoms with Crippen LogP contribution in [0.4, 0.5) is 5.69 Å². The molecule has 6 nitrogen and oxygen atoms in total. The molecule has 0 aliphatic rings. The molecule has 0 fully saturated rings. The zero-order chi connectivity index (χ0) is 14.7. The van der Waals surface area contributed by atoms with E-state index in [2.05, 4.69) is 9.97 Å². The second kappa shape index (κ2) is 6.06. The molecule has 0 aliphatic carbocycles. The number of nitrogens with zero attached hydrogens (tertiary/aromatic N) is 3. The topological polar surface area (TPSA) is 78.2 Å². The summed E-state index contributed by atoms with van der Waals surface area (Å²) in [5.41, 5.74) is 0.0996. The smallest absolute Gasteiger partial charge is 0.322 e. The fourth-order valence-electron chi connectivity index (χ4n) is 1.57. The number of ether oxygens (including phenoxy) is 1. The van der Waals surface area contributed by atoms with Crippen LogP contribution < -0.4 is 4.74 Å². The van der Waals surface area contributed by atoms with Crippen LogP contribution in [-0.2, 0) is 0 Å². The monoisotopic (exact) mass is 311 g/mol. The predicted molar refractivity (Wildman–Crippen MR) is 75.6 cm³/mol. The number of hydrogen-bond donors (Lipinski definition) is 0. The number of aryl methyl sites for hydroxylation is 1. The van der Waals surface area contributed by atoms with E-state index in [1.807, 2.05) is 6.07 Å². The summed E-state index contributed by atoms with van der Waals surface area (Å²) in [7, 11) is 1.55. The summed E-state index contributed by atoms with van der Waals surface area (Å²) < 4.78 is 5.11. The molecular formula is C12H10ClN3O3S. The minimum Gasteiger partial charge on any atom is -0.497 e. The first-order chi connectivity index (χ1) is 9.51. The Morgan fingerprint density at radius 3 is 2.80 bits per heavy atom. The van der Waals surface area contributed by atoms with Crippen molar-refractivity contribution in [2.45, 2.75) is 16.8 Å². The number of aromatic nitrogens is 2. The molecule has 0 unspecified atom stereocenters. The third-order valence-corrected chi connectivity index (χ3v) is 3.57. The highest BCUT2D eigenvalue weighted by Crippen LogP contribution is 2.36. The van der Waals surface area contributed by atoms with E-state index < -0.39 is 4.92 Å². The summed E-state index contributed by atoms with van der Waals surface area (Å²) in [5, 5.41) is 11.3. The van der Waals surface area contributed by atoms with Crippen LogP contribution >= 0.6 is 23.4 Å². The van der Waals surface area contributed by atoms with Crippen molar-refractivity contribution < 1.29 is 9.66 Å². The number of nitro groups is 1. The maximum Gasteiger partial charge on any atom is 0.322 e. The van der Waals surface area contributed by atoms with E-state index in [1.54, 1.807) is 25.3 Å². The Hall–Kier alpha value is -1.86. The Morgan fingerprint density at radius 2 is 2.15 bits per heavy atom. The molecule has 0 N–H and O–H groups in total. The van der Waals surface area contributed by atoms with Gasteiger partial charge in [-0.05, 0) is 36.7 Å². The van der Waals surface area contributed by atoms with Crippen molar-refractivity contribution in [3.05, 3.63) is 45.4 Å².